The normalized spacial score (nSPS) is 10.5. The summed E-state index contributed by atoms with van der Waals surface area (Å²) >= 11 is 0. The number of methoxy groups -OCH3 is 1. The Bertz CT molecular complexity index is 750. The number of carbonyl (C=O) groups excluding carboxylic acids is 1. The minimum Gasteiger partial charge on any atom is -0.497 e. The maximum atomic E-state index is 14.0. The molecule has 0 spiro atoms. The molecule has 0 aliphatic heterocycles. The van der Waals surface area contributed by atoms with Crippen LogP contribution < -0.4 is 14.8 Å². The fraction of sp³-hybridized carbons (Fsp3) is 0.350. The second-order valence-electron chi connectivity index (χ2n) is 6.30. The summed E-state index contributed by atoms with van der Waals surface area (Å²) in [5, 5.41) is 2.78. The summed E-state index contributed by atoms with van der Waals surface area (Å²) in [6.45, 7) is 4.36. The van der Waals surface area contributed by atoms with Crippen LogP contribution in [0.4, 0.5) is 9.18 Å². The number of carbonyl (C=O) groups is 1. The molecule has 0 bridgehead atoms. The lowest BCUT2D eigenvalue weighted by atomic mass is 10.2. The molecule has 1 N–H and O–H groups in total. The van der Waals surface area contributed by atoms with Crippen molar-refractivity contribution in [1.82, 2.24) is 10.2 Å². The van der Waals surface area contributed by atoms with Gasteiger partial charge in [-0.3, -0.25) is 0 Å². The lowest BCUT2D eigenvalue weighted by Gasteiger charge is -2.18. The van der Waals surface area contributed by atoms with Crippen molar-refractivity contribution in [2.75, 3.05) is 14.2 Å². The number of benzene rings is 2. The average molecular weight is 360 g/mol. The quantitative estimate of drug-likeness (QED) is 0.813. The van der Waals surface area contributed by atoms with Crippen LogP contribution in [0.15, 0.2) is 42.5 Å². The predicted octanol–water partition coefficient (Wildman–Crippen LogP) is 3.96. The molecule has 0 aliphatic carbocycles. The SMILES string of the molecule is COc1cccc(CN(C)C(=O)NCc2ccc(OC(C)C)c(F)c2)c1. The first-order chi connectivity index (χ1) is 12.4. The Balaban J connectivity index is 1.90. The van der Waals surface area contributed by atoms with E-state index in [9.17, 15) is 9.18 Å². The third-order valence-corrected chi connectivity index (χ3v) is 3.70. The van der Waals surface area contributed by atoms with Crippen molar-refractivity contribution in [2.24, 2.45) is 0 Å². The van der Waals surface area contributed by atoms with E-state index in [1.54, 1.807) is 31.2 Å². The van der Waals surface area contributed by atoms with E-state index in [1.807, 2.05) is 38.1 Å². The Hall–Kier alpha value is -2.76. The third kappa shape index (κ3) is 5.65. The second-order valence-corrected chi connectivity index (χ2v) is 6.30. The minimum absolute atomic E-state index is 0.0969. The molecule has 0 heterocycles. The van der Waals surface area contributed by atoms with Crippen molar-refractivity contribution < 1.29 is 18.7 Å². The molecule has 0 aromatic heterocycles. The number of hydrogen-bond donors (Lipinski definition) is 1. The highest BCUT2D eigenvalue weighted by Gasteiger charge is 2.11. The first kappa shape index (κ1) is 19.6. The van der Waals surface area contributed by atoms with Gasteiger partial charge in [-0.1, -0.05) is 18.2 Å². The van der Waals surface area contributed by atoms with E-state index in [2.05, 4.69) is 5.32 Å². The van der Waals surface area contributed by atoms with E-state index in [-0.39, 0.29) is 24.4 Å². The third-order valence-electron chi connectivity index (χ3n) is 3.70. The molecular formula is C20H25FN2O3. The van der Waals surface area contributed by atoms with Crippen molar-refractivity contribution in [3.8, 4) is 11.5 Å². The van der Waals surface area contributed by atoms with Gasteiger partial charge in [-0.25, -0.2) is 9.18 Å². The van der Waals surface area contributed by atoms with Gasteiger partial charge >= 0.3 is 6.03 Å². The second kappa shape index (κ2) is 9.08. The first-order valence-electron chi connectivity index (χ1n) is 8.46. The fourth-order valence-electron chi connectivity index (χ4n) is 2.43. The van der Waals surface area contributed by atoms with Crippen LogP contribution in [-0.2, 0) is 13.1 Å². The highest BCUT2D eigenvalue weighted by Crippen LogP contribution is 2.19. The monoisotopic (exact) mass is 360 g/mol. The van der Waals surface area contributed by atoms with Crippen LogP contribution in [0.5, 0.6) is 11.5 Å². The van der Waals surface area contributed by atoms with Gasteiger partial charge in [0.05, 0.1) is 13.2 Å². The van der Waals surface area contributed by atoms with Crippen LogP contribution in [0.1, 0.15) is 25.0 Å². The number of amides is 2. The summed E-state index contributed by atoms with van der Waals surface area (Å²) in [6, 6.07) is 12.0. The van der Waals surface area contributed by atoms with Crippen molar-refractivity contribution in [2.45, 2.75) is 33.0 Å². The van der Waals surface area contributed by atoms with Gasteiger partial charge in [-0.2, -0.15) is 0 Å². The van der Waals surface area contributed by atoms with Gasteiger partial charge in [0.15, 0.2) is 11.6 Å². The number of halogens is 1. The van der Waals surface area contributed by atoms with Gasteiger partial charge in [0.1, 0.15) is 5.75 Å². The molecule has 6 heteroatoms. The topological polar surface area (TPSA) is 50.8 Å². The maximum Gasteiger partial charge on any atom is 0.317 e. The number of nitrogens with zero attached hydrogens (tertiary/aromatic N) is 1. The summed E-state index contributed by atoms with van der Waals surface area (Å²) < 4.78 is 24.5. The van der Waals surface area contributed by atoms with E-state index in [4.69, 9.17) is 9.47 Å². The molecule has 2 rings (SSSR count). The fourth-order valence-corrected chi connectivity index (χ4v) is 2.43. The average Bonchev–Trinajstić information content (AvgIpc) is 2.61. The zero-order chi connectivity index (χ0) is 19.1. The molecule has 5 nitrogen and oxygen atoms in total. The standard InChI is InChI=1S/C20H25FN2O3/c1-14(2)26-19-9-8-15(11-18(19)21)12-22-20(24)23(3)13-16-6-5-7-17(10-16)25-4/h5-11,14H,12-13H2,1-4H3,(H,22,24). The molecule has 2 amide bonds. The maximum absolute atomic E-state index is 14.0. The Morgan fingerprint density at radius 1 is 1.19 bits per heavy atom. The van der Waals surface area contributed by atoms with Crippen LogP contribution in [-0.4, -0.2) is 31.2 Å². The summed E-state index contributed by atoms with van der Waals surface area (Å²) in [6.07, 6.45) is -0.0969. The molecule has 26 heavy (non-hydrogen) atoms. The van der Waals surface area contributed by atoms with E-state index >= 15 is 0 Å². The zero-order valence-corrected chi connectivity index (χ0v) is 15.6. The number of urea groups is 1. The highest BCUT2D eigenvalue weighted by atomic mass is 19.1. The Morgan fingerprint density at radius 3 is 2.62 bits per heavy atom. The summed E-state index contributed by atoms with van der Waals surface area (Å²) in [5.41, 5.74) is 1.63. The summed E-state index contributed by atoms with van der Waals surface area (Å²) in [7, 11) is 3.31. The van der Waals surface area contributed by atoms with Gasteiger partial charge in [0.25, 0.3) is 0 Å². The van der Waals surface area contributed by atoms with E-state index < -0.39 is 5.82 Å². The summed E-state index contributed by atoms with van der Waals surface area (Å²) in [5.74, 6) is 0.524. The molecule has 0 saturated heterocycles. The van der Waals surface area contributed by atoms with Crippen LogP contribution in [0, 0.1) is 5.82 Å². The van der Waals surface area contributed by atoms with Gasteiger partial charge < -0.3 is 19.7 Å². The molecule has 140 valence electrons. The van der Waals surface area contributed by atoms with E-state index in [0.717, 1.165) is 11.3 Å². The van der Waals surface area contributed by atoms with E-state index in [1.165, 1.54) is 6.07 Å². The Labute approximate surface area is 153 Å². The smallest absolute Gasteiger partial charge is 0.317 e. The number of rotatable bonds is 7. The van der Waals surface area contributed by atoms with Gasteiger partial charge in [-0.15, -0.1) is 0 Å². The molecule has 0 unspecified atom stereocenters. The Kier molecular flexibility index (Phi) is 6.83. The largest absolute Gasteiger partial charge is 0.497 e. The van der Waals surface area contributed by atoms with Crippen molar-refractivity contribution in [3.05, 3.63) is 59.4 Å². The summed E-state index contributed by atoms with van der Waals surface area (Å²) in [4.78, 5) is 13.8. The number of ether oxygens (including phenoxy) is 2. The number of nitrogens with one attached hydrogen (secondary N) is 1. The molecule has 0 aliphatic rings. The molecule has 0 atom stereocenters. The lowest BCUT2D eigenvalue weighted by molar-refractivity contribution is 0.206. The zero-order valence-electron chi connectivity index (χ0n) is 15.6. The van der Waals surface area contributed by atoms with Gasteiger partial charge in [-0.05, 0) is 49.2 Å². The molecular weight excluding hydrogens is 335 g/mol. The van der Waals surface area contributed by atoms with Crippen molar-refractivity contribution in [3.63, 3.8) is 0 Å². The van der Waals surface area contributed by atoms with Crippen LogP contribution in [0.3, 0.4) is 0 Å². The van der Waals surface area contributed by atoms with Crippen molar-refractivity contribution in [1.29, 1.82) is 0 Å². The van der Waals surface area contributed by atoms with Crippen molar-refractivity contribution >= 4 is 6.03 Å². The van der Waals surface area contributed by atoms with Crippen LogP contribution >= 0.6 is 0 Å². The molecule has 0 fully saturated rings. The molecule has 0 saturated carbocycles. The first-order valence-corrected chi connectivity index (χ1v) is 8.46. The van der Waals surface area contributed by atoms with Crippen LogP contribution in [0.2, 0.25) is 0 Å². The van der Waals surface area contributed by atoms with Gasteiger partial charge in [0, 0.05) is 20.1 Å². The van der Waals surface area contributed by atoms with Crippen LogP contribution in [0.25, 0.3) is 0 Å². The van der Waals surface area contributed by atoms with Gasteiger partial charge in [0.2, 0.25) is 0 Å². The molecule has 0 radical (unpaired) electrons. The lowest BCUT2D eigenvalue weighted by Crippen LogP contribution is -2.36. The molecule has 2 aromatic rings. The number of hydrogen-bond acceptors (Lipinski definition) is 3. The predicted molar refractivity (Wildman–Crippen MR) is 98.9 cm³/mol. The molecule has 2 aromatic carbocycles. The highest BCUT2D eigenvalue weighted by molar-refractivity contribution is 5.73. The Morgan fingerprint density at radius 2 is 1.96 bits per heavy atom. The van der Waals surface area contributed by atoms with E-state index in [0.29, 0.717) is 12.1 Å². The minimum atomic E-state index is -0.435.